The predicted molar refractivity (Wildman–Crippen MR) is 81.9 cm³/mol. The second-order valence-electron chi connectivity index (χ2n) is 5.06. The van der Waals surface area contributed by atoms with Crippen molar-refractivity contribution >= 4 is 5.69 Å². The Morgan fingerprint density at radius 1 is 1.25 bits per heavy atom. The lowest BCUT2D eigenvalue weighted by atomic mass is 10.1. The number of hydrogen-bond acceptors (Lipinski definition) is 4. The number of hydrogen-bond donors (Lipinski definition) is 2. The Hall–Kier alpha value is -2.07. The van der Waals surface area contributed by atoms with Crippen LogP contribution in [0.25, 0.3) is 0 Å². The lowest BCUT2D eigenvalue weighted by Crippen LogP contribution is -2.20. The van der Waals surface area contributed by atoms with Crippen LogP contribution >= 0.6 is 0 Å². The van der Waals surface area contributed by atoms with Gasteiger partial charge in [-0.2, -0.15) is 0 Å². The molecule has 4 heteroatoms. The summed E-state index contributed by atoms with van der Waals surface area (Å²) in [4.78, 5) is 6.13. The fourth-order valence-corrected chi connectivity index (χ4v) is 2.13. The first-order valence-electron chi connectivity index (χ1n) is 6.76. The van der Waals surface area contributed by atoms with Crippen molar-refractivity contribution < 1.29 is 5.11 Å². The van der Waals surface area contributed by atoms with Crippen LogP contribution in [0.5, 0.6) is 5.75 Å². The molecule has 0 radical (unpaired) electrons. The largest absolute Gasteiger partial charge is 0.508 e. The van der Waals surface area contributed by atoms with Crippen LogP contribution in [0.1, 0.15) is 24.1 Å². The summed E-state index contributed by atoms with van der Waals surface area (Å²) in [5.74, 6) is 0.258. The van der Waals surface area contributed by atoms with E-state index >= 15 is 0 Å². The average Bonchev–Trinajstić information content (AvgIpc) is 2.45. The van der Waals surface area contributed by atoms with E-state index < -0.39 is 0 Å². The van der Waals surface area contributed by atoms with Gasteiger partial charge in [0.25, 0.3) is 0 Å². The molecule has 1 aromatic carbocycles. The summed E-state index contributed by atoms with van der Waals surface area (Å²) in [6.07, 6.45) is 4.55. The van der Waals surface area contributed by atoms with Gasteiger partial charge in [-0.05, 0) is 37.1 Å². The molecule has 0 spiro atoms. The maximum Gasteiger partial charge on any atom is 0.122 e. The number of aromatic hydroxyl groups is 1. The second-order valence-corrected chi connectivity index (χ2v) is 5.06. The van der Waals surface area contributed by atoms with E-state index in [-0.39, 0.29) is 11.8 Å². The first-order valence-corrected chi connectivity index (χ1v) is 6.76. The molecule has 106 valence electrons. The third-order valence-electron chi connectivity index (χ3n) is 3.43. The van der Waals surface area contributed by atoms with E-state index in [1.165, 1.54) is 5.56 Å². The van der Waals surface area contributed by atoms with E-state index in [1.807, 2.05) is 38.2 Å². The Morgan fingerprint density at radius 2 is 1.95 bits per heavy atom. The standard InChI is InChI=1S/C16H21N3O/c1-12(17)15-4-3-14(11-16(15)20)19(2)10-7-13-5-8-18-9-6-13/h3-6,8-9,11-12,20H,7,10,17H2,1-2H3. The van der Waals surface area contributed by atoms with E-state index in [1.54, 1.807) is 18.5 Å². The van der Waals surface area contributed by atoms with Crippen molar-refractivity contribution in [2.24, 2.45) is 5.73 Å². The van der Waals surface area contributed by atoms with E-state index in [0.29, 0.717) is 0 Å². The summed E-state index contributed by atoms with van der Waals surface area (Å²) in [6.45, 7) is 2.74. The molecule has 1 aromatic heterocycles. The molecule has 1 atom stereocenters. The van der Waals surface area contributed by atoms with Crippen LogP contribution in [0.2, 0.25) is 0 Å². The molecule has 0 bridgehead atoms. The summed E-state index contributed by atoms with van der Waals surface area (Å²) in [7, 11) is 2.02. The number of phenolic OH excluding ortho intramolecular Hbond substituents is 1. The van der Waals surface area contributed by atoms with Gasteiger partial charge in [0, 0.05) is 49.3 Å². The molecule has 1 heterocycles. The summed E-state index contributed by atoms with van der Waals surface area (Å²) >= 11 is 0. The Labute approximate surface area is 119 Å². The number of aromatic nitrogens is 1. The average molecular weight is 271 g/mol. The highest BCUT2D eigenvalue weighted by Gasteiger charge is 2.09. The third-order valence-corrected chi connectivity index (χ3v) is 3.43. The minimum absolute atomic E-state index is 0.161. The molecule has 3 N–H and O–H groups in total. The first kappa shape index (κ1) is 14.3. The number of phenols is 1. The number of nitrogens with two attached hydrogens (primary N) is 1. The van der Waals surface area contributed by atoms with E-state index in [2.05, 4.69) is 9.88 Å². The van der Waals surface area contributed by atoms with Crippen LogP contribution in [-0.4, -0.2) is 23.7 Å². The Balaban J connectivity index is 2.02. The number of pyridine rings is 1. The molecule has 0 aliphatic carbocycles. The third kappa shape index (κ3) is 3.48. The molecular formula is C16H21N3O. The van der Waals surface area contributed by atoms with Gasteiger partial charge in [0.15, 0.2) is 0 Å². The van der Waals surface area contributed by atoms with Gasteiger partial charge in [0.05, 0.1) is 0 Å². The van der Waals surface area contributed by atoms with Gasteiger partial charge in [-0.15, -0.1) is 0 Å². The van der Waals surface area contributed by atoms with Crippen LogP contribution in [0.3, 0.4) is 0 Å². The Morgan fingerprint density at radius 3 is 2.55 bits per heavy atom. The Bertz CT molecular complexity index is 555. The summed E-state index contributed by atoms with van der Waals surface area (Å²) in [5, 5.41) is 9.98. The van der Waals surface area contributed by atoms with Crippen LogP contribution in [0.15, 0.2) is 42.7 Å². The highest BCUT2D eigenvalue weighted by molar-refractivity contribution is 5.53. The molecule has 20 heavy (non-hydrogen) atoms. The lowest BCUT2D eigenvalue weighted by Gasteiger charge is -2.20. The maximum atomic E-state index is 9.98. The van der Waals surface area contributed by atoms with Crippen LogP contribution in [-0.2, 0) is 6.42 Å². The normalized spacial score (nSPS) is 12.2. The molecular weight excluding hydrogens is 250 g/mol. The maximum absolute atomic E-state index is 9.98. The van der Waals surface area contributed by atoms with Crippen LogP contribution in [0.4, 0.5) is 5.69 Å². The van der Waals surface area contributed by atoms with Crippen molar-refractivity contribution in [1.29, 1.82) is 0 Å². The van der Waals surface area contributed by atoms with Crippen molar-refractivity contribution in [1.82, 2.24) is 4.98 Å². The molecule has 4 nitrogen and oxygen atoms in total. The van der Waals surface area contributed by atoms with Crippen molar-refractivity contribution in [3.63, 3.8) is 0 Å². The molecule has 0 aliphatic heterocycles. The topological polar surface area (TPSA) is 62.4 Å². The van der Waals surface area contributed by atoms with E-state index in [4.69, 9.17) is 5.73 Å². The molecule has 2 rings (SSSR count). The Kier molecular flexibility index (Phi) is 4.58. The van der Waals surface area contributed by atoms with Crippen LogP contribution < -0.4 is 10.6 Å². The molecule has 0 fully saturated rings. The zero-order valence-corrected chi connectivity index (χ0v) is 12.0. The van der Waals surface area contributed by atoms with Crippen molar-refractivity contribution in [3.05, 3.63) is 53.9 Å². The van der Waals surface area contributed by atoms with E-state index in [0.717, 1.165) is 24.2 Å². The van der Waals surface area contributed by atoms with Gasteiger partial charge in [-0.3, -0.25) is 4.98 Å². The number of anilines is 1. The molecule has 0 aliphatic rings. The minimum Gasteiger partial charge on any atom is -0.508 e. The number of benzene rings is 1. The van der Waals surface area contributed by atoms with Gasteiger partial charge in [-0.1, -0.05) is 6.07 Å². The van der Waals surface area contributed by atoms with Gasteiger partial charge < -0.3 is 15.7 Å². The minimum atomic E-state index is -0.161. The fraction of sp³-hybridized carbons (Fsp3) is 0.312. The van der Waals surface area contributed by atoms with Crippen molar-refractivity contribution in [2.75, 3.05) is 18.5 Å². The first-order chi connectivity index (χ1) is 9.58. The predicted octanol–water partition coefficient (Wildman–Crippen LogP) is 2.49. The lowest BCUT2D eigenvalue weighted by molar-refractivity contribution is 0.464. The van der Waals surface area contributed by atoms with Gasteiger partial charge >= 0.3 is 0 Å². The molecule has 1 unspecified atom stereocenters. The zero-order chi connectivity index (χ0) is 14.5. The molecule has 0 saturated heterocycles. The smallest absolute Gasteiger partial charge is 0.122 e. The van der Waals surface area contributed by atoms with Gasteiger partial charge in [0.1, 0.15) is 5.75 Å². The monoisotopic (exact) mass is 271 g/mol. The second kappa shape index (κ2) is 6.39. The zero-order valence-electron chi connectivity index (χ0n) is 12.0. The number of rotatable bonds is 5. The van der Waals surface area contributed by atoms with E-state index in [9.17, 15) is 5.11 Å². The van der Waals surface area contributed by atoms with Crippen molar-refractivity contribution in [2.45, 2.75) is 19.4 Å². The highest BCUT2D eigenvalue weighted by atomic mass is 16.3. The molecule has 2 aromatic rings. The van der Waals surface area contributed by atoms with Crippen molar-refractivity contribution in [3.8, 4) is 5.75 Å². The molecule has 0 amide bonds. The molecule has 0 saturated carbocycles. The van der Waals surface area contributed by atoms with Gasteiger partial charge in [0.2, 0.25) is 0 Å². The highest BCUT2D eigenvalue weighted by Crippen LogP contribution is 2.27. The fourth-order valence-electron chi connectivity index (χ4n) is 2.13. The SMILES string of the molecule is CC(N)c1ccc(N(C)CCc2ccncc2)cc1O. The number of likely N-dealkylation sites (N-methyl/N-ethyl adjacent to an activating group) is 1. The number of nitrogens with zero attached hydrogens (tertiary/aromatic N) is 2. The summed E-state index contributed by atoms with van der Waals surface area (Å²) in [6, 6.07) is 9.52. The van der Waals surface area contributed by atoms with Gasteiger partial charge in [-0.25, -0.2) is 0 Å². The summed E-state index contributed by atoms with van der Waals surface area (Å²) in [5.41, 5.74) is 8.81. The van der Waals surface area contributed by atoms with Crippen LogP contribution in [0, 0.1) is 0 Å². The quantitative estimate of drug-likeness (QED) is 0.877. The summed E-state index contributed by atoms with van der Waals surface area (Å²) < 4.78 is 0.